The number of fused-ring (bicyclic) bond motifs is 1. The monoisotopic (exact) mass is 333 g/mol. The number of carbonyl (C=O) groups excluding carboxylic acids is 1. The van der Waals surface area contributed by atoms with Crippen LogP contribution in [-0.4, -0.2) is 32.8 Å². The maximum atomic E-state index is 12.7. The number of hydrogen-bond donors (Lipinski definition) is 0. The fourth-order valence-electron chi connectivity index (χ4n) is 2.51. The van der Waals surface area contributed by atoms with Crippen LogP contribution in [0.15, 0.2) is 47.4 Å². The summed E-state index contributed by atoms with van der Waals surface area (Å²) in [5.41, 5.74) is 0.828. The van der Waals surface area contributed by atoms with Gasteiger partial charge in [0.2, 0.25) is 0 Å². The van der Waals surface area contributed by atoms with Gasteiger partial charge in [-0.25, -0.2) is 12.7 Å². The van der Waals surface area contributed by atoms with E-state index in [0.717, 1.165) is 9.87 Å². The molecule has 2 aromatic carbocycles. The van der Waals surface area contributed by atoms with Crippen molar-refractivity contribution in [2.24, 2.45) is 0 Å². The highest BCUT2D eigenvalue weighted by Crippen LogP contribution is 2.39. The molecule has 6 nitrogen and oxygen atoms in total. The van der Waals surface area contributed by atoms with Gasteiger partial charge in [-0.15, -0.1) is 0 Å². The van der Waals surface area contributed by atoms with Crippen molar-refractivity contribution in [2.75, 3.05) is 14.2 Å². The maximum absolute atomic E-state index is 12.7. The summed E-state index contributed by atoms with van der Waals surface area (Å²) in [6, 6.07) is 11.7. The van der Waals surface area contributed by atoms with Crippen molar-refractivity contribution in [3.8, 4) is 11.5 Å². The summed E-state index contributed by atoms with van der Waals surface area (Å²) < 4.78 is 36.5. The number of sulfonamides is 1. The van der Waals surface area contributed by atoms with Crippen LogP contribution >= 0.6 is 0 Å². The first-order valence-corrected chi connectivity index (χ1v) is 8.30. The number of rotatable bonds is 4. The Labute approximate surface area is 134 Å². The van der Waals surface area contributed by atoms with Crippen LogP contribution in [0, 0.1) is 0 Å². The molecule has 0 unspecified atom stereocenters. The second-order valence-corrected chi connectivity index (χ2v) is 6.84. The maximum Gasteiger partial charge on any atom is 0.269 e. The van der Waals surface area contributed by atoms with Gasteiger partial charge in [0.05, 0.1) is 26.3 Å². The normalized spacial score (nSPS) is 15.4. The second-order valence-electron chi connectivity index (χ2n) is 5.01. The molecule has 1 aliphatic rings. The second kappa shape index (κ2) is 5.58. The van der Waals surface area contributed by atoms with E-state index >= 15 is 0 Å². The molecule has 7 heteroatoms. The Balaban J connectivity index is 2.08. The van der Waals surface area contributed by atoms with Gasteiger partial charge >= 0.3 is 0 Å². The van der Waals surface area contributed by atoms with E-state index in [1.165, 1.54) is 26.4 Å². The van der Waals surface area contributed by atoms with Crippen molar-refractivity contribution < 1.29 is 22.7 Å². The summed E-state index contributed by atoms with van der Waals surface area (Å²) in [7, 11) is -1.06. The fraction of sp³-hybridized carbons (Fsp3) is 0.188. The van der Waals surface area contributed by atoms with E-state index in [1.807, 2.05) is 6.07 Å². The minimum Gasteiger partial charge on any atom is -0.493 e. The molecule has 0 fully saturated rings. The summed E-state index contributed by atoms with van der Waals surface area (Å²) in [5.74, 6) is 0.0188. The number of nitrogens with zero attached hydrogens (tertiary/aromatic N) is 1. The lowest BCUT2D eigenvalue weighted by Gasteiger charge is -2.14. The van der Waals surface area contributed by atoms with Crippen LogP contribution in [0.1, 0.15) is 15.9 Å². The highest BCUT2D eigenvalue weighted by atomic mass is 32.2. The molecule has 1 amide bonds. The molecule has 0 saturated carbocycles. The lowest BCUT2D eigenvalue weighted by molar-refractivity contribution is 0.0864. The molecule has 120 valence electrons. The van der Waals surface area contributed by atoms with Gasteiger partial charge < -0.3 is 9.47 Å². The third-order valence-electron chi connectivity index (χ3n) is 3.68. The molecular weight excluding hydrogens is 318 g/mol. The topological polar surface area (TPSA) is 72.9 Å². The Bertz CT molecular complexity index is 862. The Morgan fingerprint density at radius 1 is 1.00 bits per heavy atom. The van der Waals surface area contributed by atoms with Gasteiger partial charge in [-0.2, -0.15) is 0 Å². The average molecular weight is 333 g/mol. The molecule has 0 radical (unpaired) electrons. The van der Waals surface area contributed by atoms with Gasteiger partial charge in [0.1, 0.15) is 4.90 Å². The predicted molar refractivity (Wildman–Crippen MR) is 83.0 cm³/mol. The van der Waals surface area contributed by atoms with E-state index in [9.17, 15) is 13.2 Å². The van der Waals surface area contributed by atoms with Crippen LogP contribution < -0.4 is 9.47 Å². The van der Waals surface area contributed by atoms with Gasteiger partial charge in [0.15, 0.2) is 11.5 Å². The van der Waals surface area contributed by atoms with Crippen LogP contribution in [0.4, 0.5) is 0 Å². The van der Waals surface area contributed by atoms with Crippen molar-refractivity contribution in [1.29, 1.82) is 0 Å². The Hall–Kier alpha value is -2.54. The Morgan fingerprint density at radius 3 is 2.22 bits per heavy atom. The predicted octanol–water partition coefficient (Wildman–Crippen LogP) is 2.05. The highest BCUT2D eigenvalue weighted by molar-refractivity contribution is 7.90. The van der Waals surface area contributed by atoms with E-state index in [1.54, 1.807) is 24.3 Å². The standard InChI is InChI=1S/C16H15NO5S/c1-21-13-8-12-15(9-14(13)22-2)23(19,20)17(16(12)18)10-11-6-4-3-5-7-11/h3-9H,10H2,1-2H3. The summed E-state index contributed by atoms with van der Waals surface area (Å²) in [5, 5.41) is 0. The Kier molecular flexibility index (Phi) is 3.73. The molecule has 2 aromatic rings. The van der Waals surface area contributed by atoms with Crippen LogP contribution in [0.2, 0.25) is 0 Å². The quantitative estimate of drug-likeness (QED) is 0.856. The van der Waals surface area contributed by atoms with E-state index in [4.69, 9.17) is 9.47 Å². The minimum atomic E-state index is -3.90. The molecule has 0 aliphatic carbocycles. The van der Waals surface area contributed by atoms with Gasteiger partial charge in [-0.1, -0.05) is 30.3 Å². The molecule has 1 heterocycles. The molecule has 3 rings (SSSR count). The fourth-order valence-corrected chi connectivity index (χ4v) is 4.06. The summed E-state index contributed by atoms with van der Waals surface area (Å²) in [4.78, 5) is 12.5. The smallest absolute Gasteiger partial charge is 0.269 e. The van der Waals surface area contributed by atoms with Gasteiger partial charge in [-0.05, 0) is 11.6 Å². The largest absolute Gasteiger partial charge is 0.493 e. The summed E-state index contributed by atoms with van der Waals surface area (Å²) in [6.45, 7) is -0.0126. The number of carbonyl (C=O) groups is 1. The van der Waals surface area contributed by atoms with Crippen molar-refractivity contribution in [3.63, 3.8) is 0 Å². The van der Waals surface area contributed by atoms with E-state index in [-0.39, 0.29) is 22.8 Å². The zero-order valence-corrected chi connectivity index (χ0v) is 13.5. The number of methoxy groups -OCH3 is 2. The molecule has 0 saturated heterocycles. The lowest BCUT2D eigenvalue weighted by Crippen LogP contribution is -2.29. The van der Waals surface area contributed by atoms with Crippen molar-refractivity contribution in [3.05, 3.63) is 53.6 Å². The molecule has 1 aliphatic heterocycles. The van der Waals surface area contributed by atoms with Crippen molar-refractivity contribution in [1.82, 2.24) is 4.31 Å². The SMILES string of the molecule is COc1cc2c(cc1OC)S(=O)(=O)N(Cc1ccccc1)C2=O. The molecule has 0 N–H and O–H groups in total. The van der Waals surface area contributed by atoms with E-state index in [2.05, 4.69) is 0 Å². The molecule has 0 atom stereocenters. The minimum absolute atomic E-state index is 0.0126. The first-order valence-electron chi connectivity index (χ1n) is 6.86. The van der Waals surface area contributed by atoms with Gasteiger partial charge in [0, 0.05) is 6.07 Å². The number of ether oxygens (including phenoxy) is 2. The summed E-state index contributed by atoms with van der Waals surface area (Å²) in [6.07, 6.45) is 0. The number of hydrogen-bond acceptors (Lipinski definition) is 5. The van der Waals surface area contributed by atoms with E-state index < -0.39 is 15.9 Å². The molecule has 23 heavy (non-hydrogen) atoms. The third-order valence-corrected chi connectivity index (χ3v) is 5.45. The van der Waals surface area contributed by atoms with Crippen molar-refractivity contribution in [2.45, 2.75) is 11.4 Å². The average Bonchev–Trinajstić information content (AvgIpc) is 2.75. The zero-order chi connectivity index (χ0) is 16.6. The lowest BCUT2D eigenvalue weighted by atomic mass is 10.1. The van der Waals surface area contributed by atoms with Crippen LogP contribution in [0.3, 0.4) is 0 Å². The molecular formula is C16H15NO5S. The van der Waals surface area contributed by atoms with Crippen LogP contribution in [0.5, 0.6) is 11.5 Å². The first kappa shape index (κ1) is 15.4. The highest BCUT2D eigenvalue weighted by Gasteiger charge is 2.42. The Morgan fingerprint density at radius 2 is 1.61 bits per heavy atom. The zero-order valence-electron chi connectivity index (χ0n) is 12.6. The number of benzene rings is 2. The van der Waals surface area contributed by atoms with Gasteiger partial charge in [-0.3, -0.25) is 4.79 Å². The first-order chi connectivity index (χ1) is 11.0. The van der Waals surface area contributed by atoms with Gasteiger partial charge in [0.25, 0.3) is 15.9 Å². The molecule has 0 spiro atoms. The van der Waals surface area contributed by atoms with E-state index in [0.29, 0.717) is 5.75 Å². The van der Waals surface area contributed by atoms with Crippen molar-refractivity contribution >= 4 is 15.9 Å². The van der Waals surface area contributed by atoms with Crippen LogP contribution in [-0.2, 0) is 16.6 Å². The van der Waals surface area contributed by atoms with Crippen LogP contribution in [0.25, 0.3) is 0 Å². The summed E-state index contributed by atoms with van der Waals surface area (Å²) >= 11 is 0. The third kappa shape index (κ3) is 2.43. The molecule has 0 bridgehead atoms. The number of amides is 1. The molecule has 0 aromatic heterocycles.